The monoisotopic (exact) mass is 665 g/mol. The van der Waals surface area contributed by atoms with Gasteiger partial charge >= 0.3 is 13.3 Å². The molecule has 0 fully saturated rings. The number of anilines is 1. The van der Waals surface area contributed by atoms with Gasteiger partial charge in [0.05, 0.1) is 45.2 Å². The normalized spacial score (nSPS) is 14.2. The van der Waals surface area contributed by atoms with Gasteiger partial charge in [0.15, 0.2) is 0 Å². The summed E-state index contributed by atoms with van der Waals surface area (Å²) < 4.78 is 38.0. The van der Waals surface area contributed by atoms with Crippen LogP contribution in [0, 0.1) is 0 Å². The number of aliphatic hydroxyl groups excluding tert-OH is 1. The summed E-state index contributed by atoms with van der Waals surface area (Å²) in [5.41, 5.74) is 5.82. The average Bonchev–Trinajstić information content (AvgIpc) is 3.06. The third-order valence-electron chi connectivity index (χ3n) is 7.98. The number of nitrogens with zero attached hydrogens (tertiary/aromatic N) is 2. The predicted molar refractivity (Wildman–Crippen MR) is 185 cm³/mol. The van der Waals surface area contributed by atoms with Crippen molar-refractivity contribution in [1.29, 1.82) is 0 Å². The Morgan fingerprint density at radius 1 is 0.848 bits per heavy atom. The van der Waals surface area contributed by atoms with Crippen LogP contribution in [0.2, 0.25) is 0 Å². The van der Waals surface area contributed by atoms with Crippen LogP contribution in [-0.2, 0) is 36.2 Å². The van der Waals surface area contributed by atoms with Crippen LogP contribution in [0.25, 0.3) is 0 Å². The molecule has 10 nitrogen and oxygen atoms in total. The summed E-state index contributed by atoms with van der Waals surface area (Å²) in [5.74, 6) is 0.103. The Labute approximate surface area is 276 Å². The van der Waals surface area contributed by atoms with Gasteiger partial charge in [0.25, 0.3) is 0 Å². The first-order chi connectivity index (χ1) is 22.3. The first kappa shape index (κ1) is 40.1. The van der Waals surface area contributed by atoms with Crippen LogP contribution in [0.5, 0.6) is 0 Å². The number of hydrogen-bond acceptors (Lipinski definition) is 9. The van der Waals surface area contributed by atoms with Crippen molar-refractivity contribution in [1.82, 2.24) is 9.55 Å². The molecule has 1 aromatic carbocycles. The van der Waals surface area contributed by atoms with E-state index in [4.69, 9.17) is 24.3 Å². The predicted octanol–water partition coefficient (Wildman–Crippen LogP) is 7.86. The fourth-order valence-corrected chi connectivity index (χ4v) is 6.47. The zero-order valence-corrected chi connectivity index (χ0v) is 29.3. The molecule has 0 aliphatic carbocycles. The van der Waals surface area contributed by atoms with E-state index in [1.54, 1.807) is 0 Å². The highest BCUT2D eigenvalue weighted by Gasteiger charge is 2.28. The molecule has 1 heterocycles. The zero-order chi connectivity index (χ0) is 33.3. The topological polar surface area (TPSA) is 135 Å². The zero-order valence-electron chi connectivity index (χ0n) is 28.4. The highest BCUT2D eigenvalue weighted by molar-refractivity contribution is 7.53. The molecule has 1 aromatic heterocycles. The SMILES string of the molecule is CCCCCCCCCCCCCCCCC(C)OCCO[P@](=O)(COC(CO)Cn1ccc(N)nc1=O)OCc1ccccc1. The third kappa shape index (κ3) is 18.9. The van der Waals surface area contributed by atoms with Crippen LogP contribution < -0.4 is 11.4 Å². The molecule has 0 saturated carbocycles. The summed E-state index contributed by atoms with van der Waals surface area (Å²) in [5, 5.41) is 9.83. The van der Waals surface area contributed by atoms with E-state index in [-0.39, 0.29) is 38.3 Å². The molecule has 2 aromatic rings. The molecule has 262 valence electrons. The molecule has 0 saturated heterocycles. The molecule has 0 bridgehead atoms. The van der Waals surface area contributed by atoms with Crippen LogP contribution in [0.15, 0.2) is 47.4 Å². The standard InChI is InChI=1S/C35H60N3O7P/c1-3-4-5-6-7-8-9-10-11-12-13-14-15-17-20-31(2)42-25-26-44-46(41,45-29-32-21-18-16-19-22-32)30-43-33(28-39)27-38-24-23-34(36)37-35(38)40/h16,18-19,21-24,31,33,39H,3-15,17,20,25-30H2,1-2H3,(H2,36,37,40)/t31?,33?,46-/m1/s1. The van der Waals surface area contributed by atoms with Crippen molar-refractivity contribution in [2.24, 2.45) is 0 Å². The van der Waals surface area contributed by atoms with Crippen molar-refractivity contribution in [3.8, 4) is 0 Å². The second-order valence-corrected chi connectivity index (χ2v) is 14.2. The van der Waals surface area contributed by atoms with E-state index in [9.17, 15) is 14.5 Å². The highest BCUT2D eigenvalue weighted by atomic mass is 31.2. The number of nitrogen functional groups attached to an aromatic ring is 1. The number of aromatic nitrogens is 2. The fourth-order valence-electron chi connectivity index (χ4n) is 5.15. The lowest BCUT2D eigenvalue weighted by Gasteiger charge is -2.23. The molecule has 11 heteroatoms. The smallest absolute Gasteiger partial charge is 0.356 e. The van der Waals surface area contributed by atoms with Gasteiger partial charge in [-0.15, -0.1) is 0 Å². The van der Waals surface area contributed by atoms with E-state index in [2.05, 4.69) is 18.8 Å². The maximum atomic E-state index is 13.6. The number of hydrogen-bond donors (Lipinski definition) is 2. The van der Waals surface area contributed by atoms with E-state index in [0.717, 1.165) is 18.4 Å². The van der Waals surface area contributed by atoms with Crippen LogP contribution in [-0.4, -0.2) is 53.0 Å². The molecule has 3 N–H and O–H groups in total. The van der Waals surface area contributed by atoms with Crippen molar-refractivity contribution in [2.75, 3.05) is 31.9 Å². The van der Waals surface area contributed by atoms with Crippen molar-refractivity contribution in [3.05, 3.63) is 58.6 Å². The summed E-state index contributed by atoms with van der Waals surface area (Å²) in [7, 11) is -3.72. The van der Waals surface area contributed by atoms with Gasteiger partial charge in [-0.05, 0) is 25.0 Å². The quantitative estimate of drug-likeness (QED) is 0.0657. The number of ether oxygens (including phenoxy) is 2. The first-order valence-electron chi connectivity index (χ1n) is 17.4. The van der Waals surface area contributed by atoms with Gasteiger partial charge in [0.1, 0.15) is 12.2 Å². The second kappa shape index (κ2) is 25.0. The van der Waals surface area contributed by atoms with Gasteiger partial charge < -0.3 is 29.4 Å². The van der Waals surface area contributed by atoms with Crippen molar-refractivity contribution in [3.63, 3.8) is 0 Å². The van der Waals surface area contributed by atoms with Crippen molar-refractivity contribution in [2.45, 2.75) is 136 Å². The Balaban J connectivity index is 1.65. The van der Waals surface area contributed by atoms with E-state index in [1.165, 1.54) is 100 Å². The summed E-state index contributed by atoms with van der Waals surface area (Å²) >= 11 is 0. The minimum atomic E-state index is -3.72. The number of benzene rings is 1. The number of aliphatic hydroxyl groups is 1. The van der Waals surface area contributed by atoms with E-state index in [1.807, 2.05) is 30.3 Å². The molecule has 3 atom stereocenters. The average molecular weight is 666 g/mol. The Morgan fingerprint density at radius 3 is 2.04 bits per heavy atom. The lowest BCUT2D eigenvalue weighted by molar-refractivity contribution is 0.00663. The van der Waals surface area contributed by atoms with Gasteiger partial charge in [-0.25, -0.2) is 4.79 Å². The number of unbranched alkanes of at least 4 members (excludes halogenated alkanes) is 13. The number of nitrogens with two attached hydrogens (primary N) is 1. The van der Waals surface area contributed by atoms with E-state index in [0.29, 0.717) is 0 Å². The van der Waals surface area contributed by atoms with Crippen LogP contribution in [0.4, 0.5) is 5.82 Å². The van der Waals surface area contributed by atoms with Gasteiger partial charge in [-0.3, -0.25) is 9.13 Å². The third-order valence-corrected chi connectivity index (χ3v) is 9.54. The number of rotatable bonds is 29. The summed E-state index contributed by atoms with van der Waals surface area (Å²) in [6, 6.07) is 10.8. The maximum absolute atomic E-state index is 13.6. The first-order valence-corrected chi connectivity index (χ1v) is 19.2. The molecule has 0 amide bonds. The highest BCUT2D eigenvalue weighted by Crippen LogP contribution is 2.49. The fraction of sp³-hybridized carbons (Fsp3) is 0.714. The summed E-state index contributed by atoms with van der Waals surface area (Å²) in [6.45, 7) is 4.33. The van der Waals surface area contributed by atoms with Gasteiger partial charge in [-0.2, -0.15) is 4.98 Å². The summed E-state index contributed by atoms with van der Waals surface area (Å²) in [4.78, 5) is 15.8. The minimum absolute atomic E-state index is 0.00117. The van der Waals surface area contributed by atoms with E-state index >= 15 is 0 Å². The Morgan fingerprint density at radius 2 is 1.46 bits per heavy atom. The Bertz CT molecular complexity index is 1130. The largest absolute Gasteiger partial charge is 0.394 e. The van der Waals surface area contributed by atoms with Gasteiger partial charge in [-0.1, -0.05) is 127 Å². The minimum Gasteiger partial charge on any atom is -0.394 e. The maximum Gasteiger partial charge on any atom is 0.356 e. The molecular weight excluding hydrogens is 605 g/mol. The Kier molecular flexibility index (Phi) is 21.8. The van der Waals surface area contributed by atoms with Crippen LogP contribution in [0.3, 0.4) is 0 Å². The summed E-state index contributed by atoms with van der Waals surface area (Å²) in [6.07, 6.45) is 20.0. The van der Waals surface area contributed by atoms with Gasteiger partial charge in [0.2, 0.25) is 0 Å². The van der Waals surface area contributed by atoms with E-state index < -0.39 is 32.3 Å². The lowest BCUT2D eigenvalue weighted by Crippen LogP contribution is -2.32. The molecule has 2 unspecified atom stereocenters. The van der Waals surface area contributed by atoms with Crippen LogP contribution in [0.1, 0.15) is 116 Å². The lowest BCUT2D eigenvalue weighted by atomic mass is 10.0. The molecule has 0 aliphatic heterocycles. The molecule has 0 radical (unpaired) electrons. The van der Waals surface area contributed by atoms with Crippen molar-refractivity contribution < 1.29 is 28.2 Å². The second-order valence-electron chi connectivity index (χ2n) is 12.2. The van der Waals surface area contributed by atoms with Crippen molar-refractivity contribution >= 4 is 13.4 Å². The van der Waals surface area contributed by atoms with Crippen LogP contribution >= 0.6 is 7.60 Å². The molecular formula is C35H60N3O7P. The van der Waals surface area contributed by atoms with Gasteiger partial charge in [0, 0.05) is 6.20 Å². The molecule has 46 heavy (non-hydrogen) atoms. The molecule has 0 spiro atoms. The molecule has 0 aliphatic rings. The molecule has 2 rings (SSSR count). The Hall–Kier alpha value is -2.07.